The Morgan fingerprint density at radius 3 is 2.03 bits per heavy atom. The van der Waals surface area contributed by atoms with Gasteiger partial charge in [-0.3, -0.25) is 4.84 Å². The van der Waals surface area contributed by atoms with Crippen molar-refractivity contribution < 1.29 is 22.0 Å². The van der Waals surface area contributed by atoms with Gasteiger partial charge in [0.25, 0.3) is 5.92 Å². The lowest BCUT2D eigenvalue weighted by molar-refractivity contribution is -0.183. The van der Waals surface area contributed by atoms with Gasteiger partial charge in [-0.1, -0.05) is 55.3 Å². The largest absolute Gasteiger partial charge is 0.288 e. The summed E-state index contributed by atoms with van der Waals surface area (Å²) in [6, 6.07) is 11.9. The molecule has 1 spiro atoms. The first kappa shape index (κ1) is 20.7. The van der Waals surface area contributed by atoms with Crippen LogP contribution < -0.4 is 0 Å². The van der Waals surface area contributed by atoms with E-state index in [0.717, 1.165) is 5.56 Å². The zero-order valence-corrected chi connectivity index (χ0v) is 18.1. The highest BCUT2D eigenvalue weighted by molar-refractivity contribution is 7.92. The van der Waals surface area contributed by atoms with Gasteiger partial charge < -0.3 is 0 Å². The number of alkyl halides is 2. The highest BCUT2D eigenvalue weighted by Gasteiger charge is 2.95. The molecule has 0 aromatic heterocycles. The molecule has 156 valence electrons. The Labute approximate surface area is 174 Å². The summed E-state index contributed by atoms with van der Waals surface area (Å²) in [6.07, 6.45) is 0. The smallest absolute Gasteiger partial charge is 0.283 e. The predicted molar refractivity (Wildman–Crippen MR) is 107 cm³/mol. The van der Waals surface area contributed by atoms with Crippen LogP contribution in [0.3, 0.4) is 0 Å². The maximum Gasteiger partial charge on any atom is 0.288 e. The van der Waals surface area contributed by atoms with E-state index < -0.39 is 38.1 Å². The van der Waals surface area contributed by atoms with Crippen LogP contribution in [-0.4, -0.2) is 37.3 Å². The third-order valence-electron chi connectivity index (χ3n) is 6.38. The number of hydrogen-bond donors (Lipinski definition) is 0. The van der Waals surface area contributed by atoms with Crippen molar-refractivity contribution in [2.45, 2.75) is 48.5 Å². The summed E-state index contributed by atoms with van der Waals surface area (Å²) in [5.74, 6) is -3.31. The average molecular weight is 442 g/mol. The lowest BCUT2D eigenvalue weighted by Crippen LogP contribution is -2.41. The topological polar surface area (TPSA) is 46.6 Å². The summed E-state index contributed by atoms with van der Waals surface area (Å²) in [6.45, 7) is 4.53. The summed E-state index contributed by atoms with van der Waals surface area (Å²) in [5, 5.41) is 0.233. The number of hydroxylamine groups is 2. The number of halogens is 3. The van der Waals surface area contributed by atoms with E-state index in [1.54, 1.807) is 36.4 Å². The van der Waals surface area contributed by atoms with E-state index in [1.807, 2.05) is 6.92 Å². The van der Waals surface area contributed by atoms with Crippen LogP contribution in [0.1, 0.15) is 31.0 Å². The third kappa shape index (κ3) is 2.57. The Balaban J connectivity index is 1.93. The second-order valence-corrected chi connectivity index (χ2v) is 10.9. The van der Waals surface area contributed by atoms with Crippen LogP contribution in [-0.2, 0) is 14.7 Å². The molecule has 1 saturated carbocycles. The fraction of sp³-hybridized carbons (Fsp3) is 0.429. The summed E-state index contributed by atoms with van der Waals surface area (Å²) in [5.41, 5.74) is -2.36. The van der Waals surface area contributed by atoms with Crippen LogP contribution >= 0.6 is 11.6 Å². The molecule has 0 N–H and O–H groups in total. The van der Waals surface area contributed by atoms with Gasteiger partial charge in [0.2, 0.25) is 0 Å². The zero-order chi connectivity index (χ0) is 21.4. The highest BCUT2D eigenvalue weighted by Crippen LogP contribution is 2.77. The van der Waals surface area contributed by atoms with Crippen molar-refractivity contribution in [3.05, 3.63) is 64.7 Å². The van der Waals surface area contributed by atoms with Crippen LogP contribution in [0.4, 0.5) is 8.78 Å². The minimum absolute atomic E-state index is 0.00355. The molecule has 8 heteroatoms. The van der Waals surface area contributed by atoms with E-state index in [0.29, 0.717) is 10.6 Å². The summed E-state index contributed by atoms with van der Waals surface area (Å²) >= 11 is 5.97. The minimum atomic E-state index is -4.16. The number of benzene rings is 2. The normalized spacial score (nSPS) is 30.6. The molecule has 2 aliphatic rings. The number of aryl methyl sites for hydroxylation is 1. The van der Waals surface area contributed by atoms with Gasteiger partial charge in [-0.15, -0.1) is 0 Å². The van der Waals surface area contributed by atoms with Gasteiger partial charge in [0.05, 0.1) is 16.4 Å². The van der Waals surface area contributed by atoms with E-state index in [4.69, 9.17) is 16.4 Å². The molecule has 0 unspecified atom stereocenters. The lowest BCUT2D eigenvalue weighted by atomic mass is 9.96. The van der Waals surface area contributed by atoms with Crippen LogP contribution in [0.5, 0.6) is 0 Å². The van der Waals surface area contributed by atoms with Crippen molar-refractivity contribution in [1.82, 2.24) is 5.06 Å². The minimum Gasteiger partial charge on any atom is -0.283 e. The molecular weight excluding hydrogens is 420 g/mol. The Hall–Kier alpha value is -1.54. The fourth-order valence-corrected chi connectivity index (χ4v) is 7.05. The van der Waals surface area contributed by atoms with Gasteiger partial charge in [-0.25, -0.2) is 17.2 Å². The second kappa shape index (κ2) is 6.23. The van der Waals surface area contributed by atoms with Gasteiger partial charge >= 0.3 is 0 Å². The zero-order valence-electron chi connectivity index (χ0n) is 16.5. The maximum absolute atomic E-state index is 15.1. The molecule has 3 atom stereocenters. The molecule has 4 rings (SSSR count). The Morgan fingerprint density at radius 2 is 1.55 bits per heavy atom. The van der Waals surface area contributed by atoms with Crippen LogP contribution in [0.25, 0.3) is 0 Å². The first-order valence-corrected chi connectivity index (χ1v) is 11.2. The van der Waals surface area contributed by atoms with Gasteiger partial charge in [-0.2, -0.15) is 5.06 Å². The Morgan fingerprint density at radius 1 is 1.03 bits per heavy atom. The van der Waals surface area contributed by atoms with Crippen LogP contribution in [0, 0.1) is 12.3 Å². The Bertz CT molecular complexity index is 1040. The fourth-order valence-electron chi connectivity index (χ4n) is 4.52. The van der Waals surface area contributed by atoms with Crippen LogP contribution in [0.15, 0.2) is 53.4 Å². The number of rotatable bonds is 3. The van der Waals surface area contributed by atoms with E-state index in [2.05, 4.69) is 0 Å². The van der Waals surface area contributed by atoms with Gasteiger partial charge in [0, 0.05) is 12.1 Å². The quantitative estimate of drug-likeness (QED) is 0.685. The van der Waals surface area contributed by atoms with Gasteiger partial charge in [0.1, 0.15) is 5.25 Å². The van der Waals surface area contributed by atoms with E-state index in [-0.39, 0.29) is 4.90 Å². The van der Waals surface area contributed by atoms with Crippen molar-refractivity contribution in [3.63, 3.8) is 0 Å². The molecule has 0 amide bonds. The number of nitrogens with zero attached hydrogens (tertiary/aromatic N) is 1. The number of sulfone groups is 1. The highest BCUT2D eigenvalue weighted by atomic mass is 35.5. The number of hydrogen-bond acceptors (Lipinski definition) is 4. The molecule has 1 aliphatic carbocycles. The molecule has 0 radical (unpaired) electrons. The van der Waals surface area contributed by atoms with E-state index in [1.165, 1.54) is 38.1 Å². The Kier molecular flexibility index (Phi) is 4.45. The second-order valence-electron chi connectivity index (χ2n) is 8.35. The van der Waals surface area contributed by atoms with Crippen LogP contribution in [0.2, 0.25) is 5.02 Å². The molecule has 29 heavy (non-hydrogen) atoms. The standard InChI is InChI=1S/C21H22ClF2NO3S/c1-13-5-11-16(12-6-13)29(26,27)18-17(14-7-9-15(22)10-8-14)25(4)28-20(18)19(2,3)21(20,23)24/h5-12,17-18H,1-4H3/t17-,18-,20+/m1/s1. The van der Waals surface area contributed by atoms with Crippen molar-refractivity contribution in [3.8, 4) is 0 Å². The molecule has 2 aromatic carbocycles. The summed E-state index contributed by atoms with van der Waals surface area (Å²) in [7, 11) is -2.67. The monoisotopic (exact) mass is 441 g/mol. The molecule has 4 nitrogen and oxygen atoms in total. The van der Waals surface area contributed by atoms with Crippen molar-refractivity contribution >= 4 is 21.4 Å². The van der Waals surface area contributed by atoms with Crippen molar-refractivity contribution in [2.24, 2.45) is 5.41 Å². The average Bonchev–Trinajstić information content (AvgIpc) is 2.90. The lowest BCUT2D eigenvalue weighted by Gasteiger charge is -2.24. The summed E-state index contributed by atoms with van der Waals surface area (Å²) < 4.78 is 57.7. The third-order valence-corrected chi connectivity index (χ3v) is 8.82. The van der Waals surface area contributed by atoms with Crippen molar-refractivity contribution in [2.75, 3.05) is 7.05 Å². The molecular formula is C21H22ClF2NO3S. The maximum atomic E-state index is 15.1. The van der Waals surface area contributed by atoms with Crippen molar-refractivity contribution in [1.29, 1.82) is 0 Å². The first-order valence-electron chi connectivity index (χ1n) is 9.24. The molecule has 1 saturated heterocycles. The molecule has 0 bridgehead atoms. The van der Waals surface area contributed by atoms with Gasteiger partial charge in [0.15, 0.2) is 15.4 Å². The summed E-state index contributed by atoms with van der Waals surface area (Å²) in [4.78, 5) is 5.71. The van der Waals surface area contributed by atoms with E-state index in [9.17, 15) is 8.42 Å². The molecule has 1 heterocycles. The van der Waals surface area contributed by atoms with Gasteiger partial charge in [-0.05, 0) is 36.8 Å². The molecule has 2 fully saturated rings. The molecule has 2 aromatic rings. The molecule has 1 aliphatic heterocycles. The predicted octanol–water partition coefficient (Wildman–Crippen LogP) is 4.82. The van der Waals surface area contributed by atoms with E-state index >= 15 is 8.78 Å². The SMILES string of the molecule is Cc1ccc(S(=O)(=O)[C@@H]2[C@@H](c3ccc(Cl)cc3)N(C)O[C@]23C(C)(C)C3(F)F)cc1. The first-order chi connectivity index (χ1) is 13.4.